The van der Waals surface area contributed by atoms with Crippen LogP contribution in [0.5, 0.6) is 0 Å². The van der Waals surface area contributed by atoms with Crippen molar-refractivity contribution < 1.29 is 34.2 Å². The van der Waals surface area contributed by atoms with Gasteiger partial charge < -0.3 is 41.8 Å². The number of hydrogen-bond donors (Lipinski definition) is 7. The van der Waals surface area contributed by atoms with Crippen LogP contribution in [0.4, 0.5) is 0 Å². The fourth-order valence-electron chi connectivity index (χ4n) is 3.98. The number of likely N-dealkylation sites (tertiary alicyclic amines) is 1. The molecule has 1 aliphatic rings. The molecule has 1 fully saturated rings. The van der Waals surface area contributed by atoms with Gasteiger partial charge in [0.2, 0.25) is 23.6 Å². The van der Waals surface area contributed by atoms with Gasteiger partial charge in [0.15, 0.2) is 0 Å². The molecule has 36 heavy (non-hydrogen) atoms. The summed E-state index contributed by atoms with van der Waals surface area (Å²) in [5, 5.41) is 26.6. The van der Waals surface area contributed by atoms with Crippen molar-refractivity contribution >= 4 is 29.6 Å². The van der Waals surface area contributed by atoms with Crippen molar-refractivity contribution in [2.24, 2.45) is 11.7 Å². The summed E-state index contributed by atoms with van der Waals surface area (Å²) in [5.74, 6) is -3.85. The molecule has 0 aliphatic carbocycles. The molecule has 4 atom stereocenters. The van der Waals surface area contributed by atoms with Gasteiger partial charge >= 0.3 is 5.97 Å². The Balaban J connectivity index is 2.06. The summed E-state index contributed by atoms with van der Waals surface area (Å²) in [4.78, 5) is 70.1. The number of nitrogens with one attached hydrogen (secondary N) is 4. The van der Waals surface area contributed by atoms with E-state index in [1.54, 1.807) is 0 Å². The largest absolute Gasteiger partial charge is 0.480 e. The van der Waals surface area contributed by atoms with Gasteiger partial charge in [-0.05, 0) is 25.2 Å². The maximum Gasteiger partial charge on any atom is 0.326 e. The van der Waals surface area contributed by atoms with Gasteiger partial charge in [-0.1, -0.05) is 13.8 Å². The molecule has 1 aliphatic heterocycles. The standard InChI is InChI=1S/C22H35N7O7/c1-12(2)6-14(19(32)27-15(22(35)36)7-13-9-24-11-25-13)26-20(33)16(10-30)28-21(34)17-4-3-5-29(17)18(31)8-23/h9,11-12,14-17,30H,3-8,10,23H2,1-2H3,(H,24,25)(H,26,33)(H,27,32)(H,28,34)(H,35,36)/t14-,15-,16-,17-/m0/s1. The summed E-state index contributed by atoms with van der Waals surface area (Å²) < 4.78 is 0. The molecule has 200 valence electrons. The van der Waals surface area contributed by atoms with Crippen LogP contribution >= 0.6 is 0 Å². The second-order valence-corrected chi connectivity index (χ2v) is 9.06. The number of aliphatic hydroxyl groups excluding tert-OH is 1. The number of nitrogens with two attached hydrogens (primary N) is 1. The number of carbonyl (C=O) groups excluding carboxylic acids is 4. The van der Waals surface area contributed by atoms with Crippen molar-refractivity contribution in [2.75, 3.05) is 19.7 Å². The van der Waals surface area contributed by atoms with Crippen LogP contribution in [-0.2, 0) is 30.4 Å². The molecule has 0 saturated carbocycles. The fraction of sp³-hybridized carbons (Fsp3) is 0.636. The first-order valence-electron chi connectivity index (χ1n) is 11.8. The molecule has 1 aromatic heterocycles. The minimum absolute atomic E-state index is 0.0435. The maximum absolute atomic E-state index is 12.9. The molecule has 0 aromatic carbocycles. The van der Waals surface area contributed by atoms with E-state index in [0.29, 0.717) is 25.1 Å². The Morgan fingerprint density at radius 3 is 2.36 bits per heavy atom. The van der Waals surface area contributed by atoms with Gasteiger partial charge in [0.1, 0.15) is 24.2 Å². The first kappa shape index (κ1) is 28.7. The second kappa shape index (κ2) is 13.5. The fourth-order valence-corrected chi connectivity index (χ4v) is 3.98. The third-order valence-corrected chi connectivity index (χ3v) is 5.80. The van der Waals surface area contributed by atoms with Crippen molar-refractivity contribution in [1.82, 2.24) is 30.8 Å². The molecule has 0 radical (unpaired) electrons. The highest BCUT2D eigenvalue weighted by Crippen LogP contribution is 2.17. The van der Waals surface area contributed by atoms with Crippen molar-refractivity contribution in [2.45, 2.75) is 63.7 Å². The minimum Gasteiger partial charge on any atom is -0.480 e. The Bertz CT molecular complexity index is 922. The molecule has 0 unspecified atom stereocenters. The highest BCUT2D eigenvalue weighted by molar-refractivity contribution is 5.95. The molecule has 8 N–H and O–H groups in total. The number of aliphatic hydroxyl groups is 1. The van der Waals surface area contributed by atoms with Crippen LogP contribution < -0.4 is 21.7 Å². The predicted molar refractivity (Wildman–Crippen MR) is 126 cm³/mol. The second-order valence-electron chi connectivity index (χ2n) is 9.06. The van der Waals surface area contributed by atoms with Crippen molar-refractivity contribution in [1.29, 1.82) is 0 Å². The number of hydrogen-bond acceptors (Lipinski definition) is 8. The van der Waals surface area contributed by atoms with Gasteiger partial charge in [0.25, 0.3) is 0 Å². The number of imidazole rings is 1. The summed E-state index contributed by atoms with van der Waals surface area (Å²) >= 11 is 0. The van der Waals surface area contributed by atoms with E-state index in [2.05, 4.69) is 25.9 Å². The number of nitrogens with zero attached hydrogens (tertiary/aromatic N) is 2. The normalized spacial score (nSPS) is 17.8. The van der Waals surface area contributed by atoms with Crippen molar-refractivity contribution in [3.63, 3.8) is 0 Å². The Kier molecular flexibility index (Phi) is 10.8. The quantitative estimate of drug-likeness (QED) is 0.149. The number of aromatic amines is 1. The zero-order chi connectivity index (χ0) is 26.8. The highest BCUT2D eigenvalue weighted by atomic mass is 16.4. The number of carbonyl (C=O) groups is 5. The van der Waals surface area contributed by atoms with Crippen LogP contribution in [0.15, 0.2) is 12.5 Å². The number of rotatable bonds is 13. The lowest BCUT2D eigenvalue weighted by molar-refractivity contribution is -0.142. The Hall–Kier alpha value is -3.52. The highest BCUT2D eigenvalue weighted by Gasteiger charge is 2.36. The Morgan fingerprint density at radius 2 is 1.81 bits per heavy atom. The molecule has 1 saturated heterocycles. The smallest absolute Gasteiger partial charge is 0.326 e. The number of aliphatic carboxylic acids is 1. The van der Waals surface area contributed by atoms with Gasteiger partial charge in [-0.2, -0.15) is 0 Å². The predicted octanol–water partition coefficient (Wildman–Crippen LogP) is -2.52. The van der Waals surface area contributed by atoms with Gasteiger partial charge in [0.05, 0.1) is 19.5 Å². The number of aromatic nitrogens is 2. The first-order valence-corrected chi connectivity index (χ1v) is 11.8. The molecule has 14 nitrogen and oxygen atoms in total. The van der Waals surface area contributed by atoms with Crippen molar-refractivity contribution in [3.05, 3.63) is 18.2 Å². The van der Waals surface area contributed by atoms with Crippen LogP contribution in [0.1, 0.15) is 38.8 Å². The van der Waals surface area contributed by atoms with E-state index in [-0.39, 0.29) is 25.3 Å². The summed E-state index contributed by atoms with van der Waals surface area (Å²) in [6.07, 6.45) is 3.95. The average Bonchev–Trinajstić information content (AvgIpc) is 3.52. The summed E-state index contributed by atoms with van der Waals surface area (Å²) in [6, 6.07) is -4.58. The van der Waals surface area contributed by atoms with Crippen LogP contribution in [-0.4, -0.2) is 98.5 Å². The third kappa shape index (κ3) is 8.02. The SMILES string of the molecule is CC(C)C[C@H](NC(=O)[C@H](CO)NC(=O)[C@@H]1CCCN1C(=O)CN)C(=O)N[C@@H](Cc1cnc[nH]1)C(=O)O. The average molecular weight is 510 g/mol. The van der Waals surface area contributed by atoms with E-state index in [1.165, 1.54) is 17.4 Å². The Morgan fingerprint density at radius 1 is 1.14 bits per heavy atom. The van der Waals surface area contributed by atoms with Crippen LogP contribution in [0.25, 0.3) is 0 Å². The van der Waals surface area contributed by atoms with E-state index < -0.39 is 60.4 Å². The number of amides is 4. The van der Waals surface area contributed by atoms with E-state index in [4.69, 9.17) is 5.73 Å². The zero-order valence-corrected chi connectivity index (χ0v) is 20.4. The van der Waals surface area contributed by atoms with E-state index in [1.807, 2.05) is 13.8 Å². The lowest BCUT2D eigenvalue weighted by Crippen LogP contribution is -2.59. The molecule has 0 bridgehead atoms. The molecule has 4 amide bonds. The number of carboxylic acids is 1. The first-order chi connectivity index (χ1) is 17.1. The molecule has 2 heterocycles. The van der Waals surface area contributed by atoms with Crippen molar-refractivity contribution in [3.8, 4) is 0 Å². The lowest BCUT2D eigenvalue weighted by Gasteiger charge is -2.27. The van der Waals surface area contributed by atoms with E-state index >= 15 is 0 Å². The summed E-state index contributed by atoms with van der Waals surface area (Å²) in [6.45, 7) is 3.00. The van der Waals surface area contributed by atoms with E-state index in [9.17, 15) is 34.2 Å². The monoisotopic (exact) mass is 509 g/mol. The zero-order valence-electron chi connectivity index (χ0n) is 20.4. The van der Waals surface area contributed by atoms with E-state index in [0.717, 1.165) is 0 Å². The van der Waals surface area contributed by atoms with Crippen LogP contribution in [0.3, 0.4) is 0 Å². The molecule has 0 spiro atoms. The molecule has 1 aromatic rings. The minimum atomic E-state index is -1.38. The van der Waals surface area contributed by atoms with Gasteiger partial charge in [-0.25, -0.2) is 9.78 Å². The maximum atomic E-state index is 12.9. The molecule has 14 heteroatoms. The van der Waals surface area contributed by atoms with Gasteiger partial charge in [-0.15, -0.1) is 0 Å². The van der Waals surface area contributed by atoms with Gasteiger partial charge in [0, 0.05) is 24.9 Å². The van der Waals surface area contributed by atoms with Crippen LogP contribution in [0.2, 0.25) is 0 Å². The topological polar surface area (TPSA) is 220 Å². The molecule has 2 rings (SSSR count). The molecular formula is C22H35N7O7. The molecular weight excluding hydrogens is 474 g/mol. The number of H-pyrrole nitrogens is 1. The Labute approximate surface area is 208 Å². The van der Waals surface area contributed by atoms with Gasteiger partial charge in [-0.3, -0.25) is 19.2 Å². The number of carboxylic acid groups (broad SMARTS) is 1. The van der Waals surface area contributed by atoms with Crippen LogP contribution in [0, 0.1) is 5.92 Å². The third-order valence-electron chi connectivity index (χ3n) is 5.80. The summed E-state index contributed by atoms with van der Waals surface area (Å²) in [5.41, 5.74) is 5.90. The lowest BCUT2D eigenvalue weighted by atomic mass is 10.0. The summed E-state index contributed by atoms with van der Waals surface area (Å²) in [7, 11) is 0.